The highest BCUT2D eigenvalue weighted by atomic mass is 32.2. The highest BCUT2D eigenvalue weighted by Gasteiger charge is 2.22. The SMILES string of the molecule is CSC1CCCN(c2c(C#N)c(C)nn2C)CC1. The van der Waals surface area contributed by atoms with Crippen LogP contribution in [-0.4, -0.2) is 34.4 Å². The van der Waals surface area contributed by atoms with Gasteiger partial charge in [-0.25, -0.2) is 0 Å². The first-order chi connectivity index (χ1) is 8.67. The van der Waals surface area contributed by atoms with E-state index in [4.69, 9.17) is 0 Å². The summed E-state index contributed by atoms with van der Waals surface area (Å²) in [7, 11) is 1.93. The normalized spacial score (nSPS) is 20.6. The molecular formula is C13H20N4S. The number of thioether (sulfide) groups is 1. The summed E-state index contributed by atoms with van der Waals surface area (Å²) in [5.74, 6) is 0.997. The fourth-order valence-corrected chi connectivity index (χ4v) is 3.40. The molecule has 1 aromatic heterocycles. The Bertz CT molecular complexity index is 460. The summed E-state index contributed by atoms with van der Waals surface area (Å²) >= 11 is 1.96. The molecule has 1 saturated heterocycles. The predicted octanol–water partition coefficient (Wildman–Crippen LogP) is 2.32. The molecule has 1 aromatic rings. The summed E-state index contributed by atoms with van der Waals surface area (Å²) in [6.45, 7) is 3.97. The third kappa shape index (κ3) is 2.49. The standard InChI is InChI=1S/C13H20N4S/c1-10-12(9-14)13(16(2)15-10)17-7-4-5-11(18-3)6-8-17/h11H,4-8H2,1-3H3. The van der Waals surface area contributed by atoms with E-state index in [1.165, 1.54) is 19.3 Å². The van der Waals surface area contributed by atoms with Gasteiger partial charge < -0.3 is 4.90 Å². The van der Waals surface area contributed by atoms with Crippen LogP contribution in [-0.2, 0) is 7.05 Å². The van der Waals surface area contributed by atoms with Gasteiger partial charge in [-0.2, -0.15) is 22.1 Å². The Labute approximate surface area is 113 Å². The summed E-state index contributed by atoms with van der Waals surface area (Å²) in [5.41, 5.74) is 1.57. The van der Waals surface area contributed by atoms with Crippen LogP contribution >= 0.6 is 11.8 Å². The van der Waals surface area contributed by atoms with E-state index in [2.05, 4.69) is 22.3 Å². The molecule has 0 aromatic carbocycles. The minimum absolute atomic E-state index is 0.736. The molecule has 0 spiro atoms. The Morgan fingerprint density at radius 3 is 2.83 bits per heavy atom. The first-order valence-corrected chi connectivity index (χ1v) is 7.67. The van der Waals surface area contributed by atoms with E-state index in [1.807, 2.05) is 30.4 Å². The van der Waals surface area contributed by atoms with Crippen molar-refractivity contribution < 1.29 is 0 Å². The number of hydrogen-bond donors (Lipinski definition) is 0. The van der Waals surface area contributed by atoms with E-state index < -0.39 is 0 Å². The molecule has 0 amide bonds. The molecule has 5 heteroatoms. The van der Waals surface area contributed by atoms with Gasteiger partial charge in [0.15, 0.2) is 0 Å². The second-order valence-electron chi connectivity index (χ2n) is 4.80. The Morgan fingerprint density at radius 1 is 1.39 bits per heavy atom. The van der Waals surface area contributed by atoms with Crippen LogP contribution in [0.5, 0.6) is 0 Å². The summed E-state index contributed by atoms with van der Waals surface area (Å²) < 4.78 is 1.85. The van der Waals surface area contributed by atoms with Crippen LogP contribution in [0.25, 0.3) is 0 Å². The minimum Gasteiger partial charge on any atom is -0.356 e. The number of nitriles is 1. The number of nitrogens with zero attached hydrogens (tertiary/aromatic N) is 4. The lowest BCUT2D eigenvalue weighted by atomic mass is 10.2. The molecule has 0 aliphatic carbocycles. The van der Waals surface area contributed by atoms with Crippen molar-refractivity contribution in [1.29, 1.82) is 5.26 Å². The molecule has 1 unspecified atom stereocenters. The van der Waals surface area contributed by atoms with E-state index in [0.717, 1.165) is 35.4 Å². The maximum atomic E-state index is 9.28. The van der Waals surface area contributed by atoms with Gasteiger partial charge in [0.1, 0.15) is 17.5 Å². The van der Waals surface area contributed by atoms with Crippen LogP contribution in [0.2, 0.25) is 0 Å². The van der Waals surface area contributed by atoms with Crippen molar-refractivity contribution in [1.82, 2.24) is 9.78 Å². The lowest BCUT2D eigenvalue weighted by molar-refractivity contribution is 0.697. The van der Waals surface area contributed by atoms with Crippen molar-refractivity contribution >= 4 is 17.6 Å². The maximum absolute atomic E-state index is 9.28. The number of hydrogen-bond acceptors (Lipinski definition) is 4. The van der Waals surface area contributed by atoms with Gasteiger partial charge in [-0.1, -0.05) is 0 Å². The van der Waals surface area contributed by atoms with Gasteiger partial charge in [-0.15, -0.1) is 0 Å². The highest BCUT2D eigenvalue weighted by Crippen LogP contribution is 2.27. The van der Waals surface area contributed by atoms with Crippen LogP contribution in [0.3, 0.4) is 0 Å². The van der Waals surface area contributed by atoms with Gasteiger partial charge in [0.05, 0.1) is 5.69 Å². The smallest absolute Gasteiger partial charge is 0.144 e. The number of aryl methyl sites for hydroxylation is 2. The molecule has 1 fully saturated rings. The van der Waals surface area contributed by atoms with Crippen molar-refractivity contribution in [2.45, 2.75) is 31.4 Å². The molecule has 0 N–H and O–H groups in total. The summed E-state index contributed by atoms with van der Waals surface area (Å²) in [6.07, 6.45) is 5.85. The third-order valence-electron chi connectivity index (χ3n) is 3.61. The zero-order chi connectivity index (χ0) is 13.1. The Kier molecular flexibility index (Phi) is 4.18. The Morgan fingerprint density at radius 2 is 2.17 bits per heavy atom. The summed E-state index contributed by atoms with van der Waals surface area (Å²) in [5, 5.41) is 14.4. The Balaban J connectivity index is 2.24. The quantitative estimate of drug-likeness (QED) is 0.822. The molecule has 0 bridgehead atoms. The van der Waals surface area contributed by atoms with Crippen molar-refractivity contribution in [3.8, 4) is 6.07 Å². The van der Waals surface area contributed by atoms with Gasteiger partial charge in [0.25, 0.3) is 0 Å². The van der Waals surface area contributed by atoms with Gasteiger partial charge in [0.2, 0.25) is 0 Å². The number of aromatic nitrogens is 2. The van der Waals surface area contributed by atoms with Crippen molar-refractivity contribution in [3.05, 3.63) is 11.3 Å². The van der Waals surface area contributed by atoms with Gasteiger partial charge in [0, 0.05) is 25.4 Å². The number of anilines is 1. The molecule has 1 atom stereocenters. The van der Waals surface area contributed by atoms with Gasteiger partial charge >= 0.3 is 0 Å². The summed E-state index contributed by atoms with van der Waals surface area (Å²) in [4.78, 5) is 2.33. The first-order valence-electron chi connectivity index (χ1n) is 6.38. The van der Waals surface area contributed by atoms with Gasteiger partial charge in [-0.3, -0.25) is 4.68 Å². The zero-order valence-electron chi connectivity index (χ0n) is 11.3. The largest absolute Gasteiger partial charge is 0.356 e. The lowest BCUT2D eigenvalue weighted by Gasteiger charge is -2.22. The first kappa shape index (κ1) is 13.3. The molecule has 0 saturated carbocycles. The molecule has 4 nitrogen and oxygen atoms in total. The van der Waals surface area contributed by atoms with Gasteiger partial charge in [-0.05, 0) is 32.4 Å². The van der Waals surface area contributed by atoms with E-state index >= 15 is 0 Å². The molecule has 0 radical (unpaired) electrons. The minimum atomic E-state index is 0.736. The summed E-state index contributed by atoms with van der Waals surface area (Å²) in [6, 6.07) is 2.30. The monoisotopic (exact) mass is 264 g/mol. The fourth-order valence-electron chi connectivity index (χ4n) is 2.65. The molecule has 2 rings (SSSR count). The van der Waals surface area contributed by atoms with Crippen molar-refractivity contribution in [3.63, 3.8) is 0 Å². The topological polar surface area (TPSA) is 44.9 Å². The zero-order valence-corrected chi connectivity index (χ0v) is 12.1. The average Bonchev–Trinajstić information content (AvgIpc) is 2.55. The van der Waals surface area contributed by atoms with Crippen LogP contribution in [0.15, 0.2) is 0 Å². The van der Waals surface area contributed by atoms with E-state index in [9.17, 15) is 5.26 Å². The molecule has 1 aliphatic heterocycles. The molecule has 18 heavy (non-hydrogen) atoms. The fraction of sp³-hybridized carbons (Fsp3) is 0.692. The van der Waals surface area contributed by atoms with E-state index in [0.29, 0.717) is 0 Å². The second-order valence-corrected chi connectivity index (χ2v) is 5.93. The van der Waals surface area contributed by atoms with Crippen LogP contribution in [0, 0.1) is 18.3 Å². The molecular weight excluding hydrogens is 244 g/mol. The van der Waals surface area contributed by atoms with Crippen LogP contribution < -0.4 is 4.90 Å². The lowest BCUT2D eigenvalue weighted by Crippen LogP contribution is -2.27. The molecule has 98 valence electrons. The van der Waals surface area contributed by atoms with E-state index in [-0.39, 0.29) is 0 Å². The predicted molar refractivity (Wildman–Crippen MR) is 76.0 cm³/mol. The maximum Gasteiger partial charge on any atom is 0.144 e. The third-order valence-corrected chi connectivity index (χ3v) is 4.75. The number of rotatable bonds is 2. The highest BCUT2D eigenvalue weighted by molar-refractivity contribution is 7.99. The van der Waals surface area contributed by atoms with Crippen molar-refractivity contribution in [2.24, 2.45) is 7.05 Å². The van der Waals surface area contributed by atoms with E-state index in [1.54, 1.807) is 0 Å². The van der Waals surface area contributed by atoms with Crippen LogP contribution in [0.1, 0.15) is 30.5 Å². The Hall–Kier alpha value is -1.15. The van der Waals surface area contributed by atoms with Crippen molar-refractivity contribution in [2.75, 3.05) is 24.2 Å². The average molecular weight is 264 g/mol. The van der Waals surface area contributed by atoms with Crippen LogP contribution in [0.4, 0.5) is 5.82 Å². The second kappa shape index (κ2) is 5.66. The molecule has 2 heterocycles. The molecule has 1 aliphatic rings.